The topological polar surface area (TPSA) is 0 Å². The van der Waals surface area contributed by atoms with Gasteiger partial charge in [-0.1, -0.05) is 27.8 Å². The van der Waals surface area contributed by atoms with Gasteiger partial charge in [0.25, 0.3) is 0 Å². The number of halogens is 4. The minimum Gasteiger partial charge on any atom is -0.204 e. The molecule has 0 saturated heterocycles. The average molecular weight is 249 g/mol. The molecule has 0 atom stereocenters. The Morgan fingerprint density at radius 1 is 1.15 bits per heavy atom. The third-order valence-electron chi connectivity index (χ3n) is 1.33. The lowest BCUT2D eigenvalue weighted by Gasteiger charge is -1.96. The summed E-state index contributed by atoms with van der Waals surface area (Å²) >= 11 is 3.00. The van der Waals surface area contributed by atoms with E-state index in [1.807, 2.05) is 0 Å². The molecule has 0 spiro atoms. The van der Waals surface area contributed by atoms with Gasteiger partial charge in [0.15, 0.2) is 17.5 Å². The van der Waals surface area contributed by atoms with E-state index in [1.165, 1.54) is 0 Å². The highest BCUT2D eigenvalue weighted by Gasteiger charge is 2.11. The first-order valence-electron chi connectivity index (χ1n) is 3.35. The van der Waals surface area contributed by atoms with Crippen LogP contribution in [0.25, 0.3) is 0 Å². The molecule has 0 unspecified atom stereocenters. The van der Waals surface area contributed by atoms with Crippen molar-refractivity contribution < 1.29 is 13.2 Å². The Kier molecular flexibility index (Phi) is 3.38. The highest BCUT2D eigenvalue weighted by Crippen LogP contribution is 2.13. The van der Waals surface area contributed by atoms with Gasteiger partial charge in [0.2, 0.25) is 0 Å². The van der Waals surface area contributed by atoms with E-state index in [4.69, 9.17) is 0 Å². The van der Waals surface area contributed by atoms with Crippen molar-refractivity contribution in [2.45, 2.75) is 0 Å². The van der Waals surface area contributed by atoms with Crippen molar-refractivity contribution in [2.75, 3.05) is 5.33 Å². The fourth-order valence-electron chi connectivity index (χ4n) is 0.751. The Bertz CT molecular complexity index is 376. The molecule has 0 radical (unpaired) electrons. The summed E-state index contributed by atoms with van der Waals surface area (Å²) in [5.41, 5.74) is -0.140. The largest absolute Gasteiger partial charge is 0.204 e. The van der Waals surface area contributed by atoms with Crippen molar-refractivity contribution in [1.82, 2.24) is 0 Å². The molecule has 0 aliphatic heterocycles. The Balaban J connectivity index is 3.18. The van der Waals surface area contributed by atoms with E-state index in [2.05, 4.69) is 27.8 Å². The summed E-state index contributed by atoms with van der Waals surface area (Å²) in [6.07, 6.45) is 0. The number of hydrogen-bond donors (Lipinski definition) is 0. The summed E-state index contributed by atoms with van der Waals surface area (Å²) in [4.78, 5) is 0. The van der Waals surface area contributed by atoms with E-state index in [-0.39, 0.29) is 5.56 Å². The molecule has 1 rings (SSSR count). The molecule has 68 valence electrons. The van der Waals surface area contributed by atoms with Crippen LogP contribution in [-0.4, -0.2) is 5.33 Å². The van der Waals surface area contributed by atoms with Crippen molar-refractivity contribution in [1.29, 1.82) is 0 Å². The van der Waals surface area contributed by atoms with Crippen molar-refractivity contribution in [3.63, 3.8) is 0 Å². The van der Waals surface area contributed by atoms with Crippen LogP contribution in [0.5, 0.6) is 0 Å². The van der Waals surface area contributed by atoms with Gasteiger partial charge in [-0.25, -0.2) is 13.2 Å². The Hall–Kier alpha value is -0.950. The first kappa shape index (κ1) is 10.1. The zero-order valence-corrected chi connectivity index (χ0v) is 7.96. The maximum absolute atomic E-state index is 12.9. The molecule has 0 nitrogen and oxygen atoms in total. The lowest BCUT2D eigenvalue weighted by atomic mass is 10.2. The zero-order chi connectivity index (χ0) is 9.84. The van der Waals surface area contributed by atoms with Crippen molar-refractivity contribution in [2.24, 2.45) is 0 Å². The molecule has 0 aromatic heterocycles. The summed E-state index contributed by atoms with van der Waals surface area (Å²) < 4.78 is 37.9. The van der Waals surface area contributed by atoms with Crippen LogP contribution in [0, 0.1) is 29.3 Å². The van der Waals surface area contributed by atoms with Crippen LogP contribution in [0.4, 0.5) is 13.2 Å². The Morgan fingerprint density at radius 3 is 2.46 bits per heavy atom. The first-order valence-corrected chi connectivity index (χ1v) is 4.47. The van der Waals surface area contributed by atoms with Gasteiger partial charge in [0.05, 0.1) is 10.9 Å². The molecular weight excluding hydrogens is 245 g/mol. The SMILES string of the molecule is Fc1ccc(C#CCBr)c(F)c1F. The highest BCUT2D eigenvalue weighted by atomic mass is 79.9. The van der Waals surface area contributed by atoms with Gasteiger partial charge >= 0.3 is 0 Å². The van der Waals surface area contributed by atoms with Crippen LogP contribution in [0.3, 0.4) is 0 Å². The van der Waals surface area contributed by atoms with Gasteiger partial charge in [-0.05, 0) is 12.1 Å². The van der Waals surface area contributed by atoms with E-state index in [0.29, 0.717) is 5.33 Å². The van der Waals surface area contributed by atoms with Crippen molar-refractivity contribution in [3.05, 3.63) is 35.1 Å². The zero-order valence-electron chi connectivity index (χ0n) is 6.37. The second-order valence-electron chi connectivity index (χ2n) is 2.16. The molecule has 1 aromatic rings. The molecule has 0 N–H and O–H groups in total. The fraction of sp³-hybridized carbons (Fsp3) is 0.111. The lowest BCUT2D eigenvalue weighted by Crippen LogP contribution is -1.93. The summed E-state index contributed by atoms with van der Waals surface area (Å²) in [5, 5.41) is 0.353. The van der Waals surface area contributed by atoms with Crippen LogP contribution in [0.2, 0.25) is 0 Å². The van der Waals surface area contributed by atoms with Gasteiger partial charge in [-0.3, -0.25) is 0 Å². The third kappa shape index (κ3) is 2.25. The number of alkyl halides is 1. The minimum atomic E-state index is -1.48. The molecule has 0 saturated carbocycles. The molecule has 13 heavy (non-hydrogen) atoms. The van der Waals surface area contributed by atoms with Gasteiger partial charge in [-0.15, -0.1) is 0 Å². The van der Waals surface area contributed by atoms with Crippen LogP contribution in [0.1, 0.15) is 5.56 Å². The second-order valence-corrected chi connectivity index (χ2v) is 2.72. The normalized spacial score (nSPS) is 9.23. The Labute approximate surface area is 81.9 Å². The van der Waals surface area contributed by atoms with Gasteiger partial charge in [-0.2, -0.15) is 0 Å². The molecule has 1 aromatic carbocycles. The standard InChI is InChI=1S/C9H4BrF3/c10-5-1-2-6-3-4-7(11)9(13)8(6)12/h3-4H,5H2. The third-order valence-corrected chi connectivity index (χ3v) is 1.61. The quantitative estimate of drug-likeness (QED) is 0.376. The number of hydrogen-bond acceptors (Lipinski definition) is 0. The lowest BCUT2D eigenvalue weighted by molar-refractivity contribution is 0.446. The minimum absolute atomic E-state index is 0.140. The summed E-state index contributed by atoms with van der Waals surface area (Å²) in [5.74, 6) is 0.908. The number of rotatable bonds is 0. The maximum Gasteiger partial charge on any atom is 0.195 e. The molecule has 0 aliphatic carbocycles. The van der Waals surface area contributed by atoms with Crippen molar-refractivity contribution in [3.8, 4) is 11.8 Å². The average Bonchev–Trinajstić information content (AvgIpc) is 2.13. The summed E-state index contributed by atoms with van der Waals surface area (Å²) in [6, 6.07) is 1.94. The van der Waals surface area contributed by atoms with E-state index in [9.17, 15) is 13.2 Å². The molecule has 4 heteroatoms. The second kappa shape index (κ2) is 4.33. The monoisotopic (exact) mass is 248 g/mol. The van der Waals surface area contributed by atoms with E-state index in [1.54, 1.807) is 0 Å². The summed E-state index contributed by atoms with van der Waals surface area (Å²) in [6.45, 7) is 0. The smallest absolute Gasteiger partial charge is 0.195 e. The van der Waals surface area contributed by atoms with Crippen LogP contribution >= 0.6 is 15.9 Å². The molecule has 0 fully saturated rings. The van der Waals surface area contributed by atoms with Crippen LogP contribution in [-0.2, 0) is 0 Å². The number of benzene rings is 1. The predicted molar refractivity (Wildman–Crippen MR) is 47.0 cm³/mol. The molecular formula is C9H4BrF3. The predicted octanol–water partition coefficient (Wildman–Crippen LogP) is 2.85. The molecule has 0 aliphatic rings. The first-order chi connectivity index (χ1) is 6.16. The van der Waals surface area contributed by atoms with Gasteiger partial charge in [0, 0.05) is 0 Å². The van der Waals surface area contributed by atoms with E-state index >= 15 is 0 Å². The van der Waals surface area contributed by atoms with E-state index < -0.39 is 17.5 Å². The molecule has 0 bridgehead atoms. The van der Waals surface area contributed by atoms with Crippen LogP contribution in [0.15, 0.2) is 12.1 Å². The Morgan fingerprint density at radius 2 is 1.85 bits per heavy atom. The van der Waals surface area contributed by atoms with Crippen LogP contribution < -0.4 is 0 Å². The summed E-state index contributed by atoms with van der Waals surface area (Å²) in [7, 11) is 0. The van der Waals surface area contributed by atoms with E-state index in [0.717, 1.165) is 12.1 Å². The maximum atomic E-state index is 12.9. The van der Waals surface area contributed by atoms with Gasteiger partial charge in [0.1, 0.15) is 0 Å². The fourth-order valence-corrected chi connectivity index (χ4v) is 0.891. The molecule has 0 heterocycles. The highest BCUT2D eigenvalue weighted by molar-refractivity contribution is 9.09. The molecule has 0 amide bonds. The van der Waals surface area contributed by atoms with Gasteiger partial charge < -0.3 is 0 Å². The van der Waals surface area contributed by atoms with Crippen molar-refractivity contribution >= 4 is 15.9 Å².